The number of carbonyl (C=O) groups is 1. The molecule has 0 aromatic heterocycles. The van der Waals surface area contributed by atoms with Crippen LogP contribution in [-0.4, -0.2) is 23.9 Å². The molecule has 2 atom stereocenters. The van der Waals surface area contributed by atoms with Gasteiger partial charge in [0.15, 0.2) is 0 Å². The molecule has 92 valence electrons. The number of benzene rings is 1. The first-order chi connectivity index (χ1) is 8.08. The van der Waals surface area contributed by atoms with Crippen LogP contribution in [0.1, 0.15) is 32.8 Å². The highest BCUT2D eigenvalue weighted by Gasteiger charge is 2.51. The van der Waals surface area contributed by atoms with Crippen molar-refractivity contribution in [2.75, 3.05) is 13.1 Å². The summed E-state index contributed by atoms with van der Waals surface area (Å²) in [4.78, 5) is 13.4. The minimum absolute atomic E-state index is 0.190. The second kappa shape index (κ2) is 4.52. The minimum atomic E-state index is 0.190. The lowest BCUT2D eigenvalue weighted by molar-refractivity contribution is -0.128. The summed E-state index contributed by atoms with van der Waals surface area (Å²) in [5.41, 5.74) is 1.69. The van der Waals surface area contributed by atoms with Gasteiger partial charge >= 0.3 is 0 Å². The summed E-state index contributed by atoms with van der Waals surface area (Å²) in [6.07, 6.45) is 1.20. The molecule has 1 aromatic carbocycles. The van der Waals surface area contributed by atoms with E-state index in [2.05, 4.69) is 37.3 Å². The largest absolute Gasteiger partial charge is 0.343 e. The second-order valence-electron chi connectivity index (χ2n) is 5.24. The Morgan fingerprint density at radius 1 is 1.41 bits per heavy atom. The molecule has 1 aliphatic rings. The van der Waals surface area contributed by atoms with Crippen LogP contribution in [0.25, 0.3) is 0 Å². The average Bonchev–Trinajstić information content (AvgIpc) is 2.99. The van der Waals surface area contributed by atoms with E-state index in [0.29, 0.717) is 5.92 Å². The zero-order chi connectivity index (χ0) is 12.5. The van der Waals surface area contributed by atoms with Gasteiger partial charge in [0.25, 0.3) is 0 Å². The maximum atomic E-state index is 11.4. The topological polar surface area (TPSA) is 20.3 Å². The molecular weight excluding hydrogens is 210 g/mol. The van der Waals surface area contributed by atoms with Crippen LogP contribution >= 0.6 is 0 Å². The summed E-state index contributed by atoms with van der Waals surface area (Å²) in [6, 6.07) is 10.6. The van der Waals surface area contributed by atoms with Crippen LogP contribution < -0.4 is 0 Å². The van der Waals surface area contributed by atoms with E-state index < -0.39 is 0 Å². The Hall–Kier alpha value is -1.31. The van der Waals surface area contributed by atoms with E-state index in [1.807, 2.05) is 11.8 Å². The van der Waals surface area contributed by atoms with Gasteiger partial charge in [-0.3, -0.25) is 4.79 Å². The first kappa shape index (κ1) is 12.2. The first-order valence-electron chi connectivity index (χ1n) is 6.39. The molecule has 0 radical (unpaired) electrons. The SMILES string of the molecule is CCN(CC1CC1(C)c1ccccc1)C(C)=O. The van der Waals surface area contributed by atoms with Gasteiger partial charge in [0.1, 0.15) is 0 Å². The van der Waals surface area contributed by atoms with Crippen molar-refractivity contribution in [2.24, 2.45) is 5.92 Å². The van der Waals surface area contributed by atoms with Gasteiger partial charge in [-0.15, -0.1) is 0 Å². The molecule has 2 nitrogen and oxygen atoms in total. The summed E-state index contributed by atoms with van der Waals surface area (Å²) in [6.45, 7) is 7.73. The minimum Gasteiger partial charge on any atom is -0.343 e. The highest BCUT2D eigenvalue weighted by molar-refractivity contribution is 5.73. The molecule has 0 N–H and O–H groups in total. The Bertz CT molecular complexity index is 401. The lowest BCUT2D eigenvalue weighted by Gasteiger charge is -2.21. The van der Waals surface area contributed by atoms with Crippen molar-refractivity contribution in [1.82, 2.24) is 4.90 Å². The van der Waals surface area contributed by atoms with Crippen molar-refractivity contribution in [3.63, 3.8) is 0 Å². The van der Waals surface area contributed by atoms with Crippen LogP contribution in [0.15, 0.2) is 30.3 Å². The molecule has 17 heavy (non-hydrogen) atoms. The van der Waals surface area contributed by atoms with E-state index in [4.69, 9.17) is 0 Å². The lowest BCUT2D eigenvalue weighted by Crippen LogP contribution is -2.31. The fourth-order valence-corrected chi connectivity index (χ4v) is 2.64. The number of hydrogen-bond donors (Lipinski definition) is 0. The molecule has 0 aliphatic heterocycles. The second-order valence-corrected chi connectivity index (χ2v) is 5.24. The van der Waals surface area contributed by atoms with Gasteiger partial charge in [-0.2, -0.15) is 0 Å². The summed E-state index contributed by atoms with van der Waals surface area (Å²) in [5, 5.41) is 0. The summed E-state index contributed by atoms with van der Waals surface area (Å²) >= 11 is 0. The maximum Gasteiger partial charge on any atom is 0.219 e. The molecule has 1 amide bonds. The van der Waals surface area contributed by atoms with Crippen molar-refractivity contribution in [3.05, 3.63) is 35.9 Å². The van der Waals surface area contributed by atoms with Gasteiger partial charge < -0.3 is 4.90 Å². The van der Waals surface area contributed by atoms with Gasteiger partial charge in [-0.25, -0.2) is 0 Å². The molecule has 1 aliphatic carbocycles. The zero-order valence-corrected chi connectivity index (χ0v) is 10.9. The number of nitrogens with zero attached hydrogens (tertiary/aromatic N) is 1. The lowest BCUT2D eigenvalue weighted by atomic mass is 9.95. The third-order valence-electron chi connectivity index (χ3n) is 4.11. The quantitative estimate of drug-likeness (QED) is 0.780. The van der Waals surface area contributed by atoms with Crippen molar-refractivity contribution in [3.8, 4) is 0 Å². The number of rotatable bonds is 4. The highest BCUT2D eigenvalue weighted by atomic mass is 16.2. The fourth-order valence-electron chi connectivity index (χ4n) is 2.64. The predicted octanol–water partition coefficient (Wildman–Crippen LogP) is 2.83. The van der Waals surface area contributed by atoms with Gasteiger partial charge in [-0.1, -0.05) is 37.3 Å². The Kier molecular flexibility index (Phi) is 3.23. The Labute approximate surface area is 104 Å². The van der Waals surface area contributed by atoms with E-state index in [1.165, 1.54) is 12.0 Å². The molecule has 0 heterocycles. The third-order valence-corrected chi connectivity index (χ3v) is 4.11. The third kappa shape index (κ3) is 2.36. The molecule has 1 saturated carbocycles. The first-order valence-corrected chi connectivity index (χ1v) is 6.39. The molecule has 1 fully saturated rings. The summed E-state index contributed by atoms with van der Waals surface area (Å²) < 4.78 is 0. The van der Waals surface area contributed by atoms with E-state index in [-0.39, 0.29) is 11.3 Å². The standard InChI is InChI=1S/C15H21NO/c1-4-16(12(2)17)11-14-10-15(14,3)13-8-6-5-7-9-13/h5-9,14H,4,10-11H2,1-3H3. The average molecular weight is 231 g/mol. The van der Waals surface area contributed by atoms with Crippen molar-refractivity contribution in [1.29, 1.82) is 0 Å². The maximum absolute atomic E-state index is 11.4. The Morgan fingerprint density at radius 2 is 2.06 bits per heavy atom. The van der Waals surface area contributed by atoms with Crippen LogP contribution in [0.5, 0.6) is 0 Å². The van der Waals surface area contributed by atoms with Crippen molar-refractivity contribution >= 4 is 5.91 Å². The Morgan fingerprint density at radius 3 is 2.59 bits per heavy atom. The molecular formula is C15H21NO. The monoisotopic (exact) mass is 231 g/mol. The molecule has 2 rings (SSSR count). The number of amides is 1. The highest BCUT2D eigenvalue weighted by Crippen LogP contribution is 2.54. The van der Waals surface area contributed by atoms with Crippen molar-refractivity contribution < 1.29 is 4.79 Å². The van der Waals surface area contributed by atoms with Gasteiger partial charge in [0.2, 0.25) is 5.91 Å². The van der Waals surface area contributed by atoms with Crippen molar-refractivity contribution in [2.45, 2.75) is 32.6 Å². The molecule has 1 aromatic rings. The molecule has 2 unspecified atom stereocenters. The molecule has 0 bridgehead atoms. The molecule has 0 spiro atoms. The van der Waals surface area contributed by atoms with Crippen LogP contribution in [0, 0.1) is 5.92 Å². The molecule has 0 saturated heterocycles. The van der Waals surface area contributed by atoms with Crippen LogP contribution in [0.3, 0.4) is 0 Å². The van der Waals surface area contributed by atoms with Gasteiger partial charge in [0.05, 0.1) is 0 Å². The normalized spacial score (nSPS) is 26.6. The predicted molar refractivity (Wildman–Crippen MR) is 69.8 cm³/mol. The smallest absolute Gasteiger partial charge is 0.219 e. The number of carbonyl (C=O) groups excluding carboxylic acids is 1. The summed E-state index contributed by atoms with van der Waals surface area (Å²) in [7, 11) is 0. The number of hydrogen-bond acceptors (Lipinski definition) is 1. The Balaban J connectivity index is 2.02. The van der Waals surface area contributed by atoms with Gasteiger partial charge in [-0.05, 0) is 30.2 Å². The molecule has 2 heteroatoms. The van der Waals surface area contributed by atoms with Crippen LogP contribution in [-0.2, 0) is 10.2 Å². The fraction of sp³-hybridized carbons (Fsp3) is 0.533. The van der Waals surface area contributed by atoms with E-state index in [9.17, 15) is 4.79 Å². The summed E-state index contributed by atoms with van der Waals surface area (Å²) in [5.74, 6) is 0.809. The van der Waals surface area contributed by atoms with Gasteiger partial charge in [0, 0.05) is 20.0 Å². The zero-order valence-electron chi connectivity index (χ0n) is 10.9. The van der Waals surface area contributed by atoms with E-state index in [0.717, 1.165) is 13.1 Å². The van der Waals surface area contributed by atoms with E-state index in [1.54, 1.807) is 6.92 Å². The van der Waals surface area contributed by atoms with E-state index >= 15 is 0 Å². The van der Waals surface area contributed by atoms with Crippen LogP contribution in [0.4, 0.5) is 0 Å². The van der Waals surface area contributed by atoms with Crippen LogP contribution in [0.2, 0.25) is 0 Å².